The summed E-state index contributed by atoms with van der Waals surface area (Å²) in [6, 6.07) is 2.70. The molecular weight excluding hydrogens is 558 g/mol. The van der Waals surface area contributed by atoms with Gasteiger partial charge in [0.2, 0.25) is 5.43 Å². The van der Waals surface area contributed by atoms with Gasteiger partial charge >= 0.3 is 5.97 Å². The molecule has 11 nitrogen and oxygen atoms in total. The van der Waals surface area contributed by atoms with E-state index in [1.54, 1.807) is 32.6 Å². The van der Waals surface area contributed by atoms with Crippen LogP contribution >= 0.6 is 0 Å². The fraction of sp³-hybridized carbons (Fsp3) is 0.333. The van der Waals surface area contributed by atoms with Gasteiger partial charge in [-0.25, -0.2) is 28.2 Å². The minimum atomic E-state index is -1.36. The second-order valence-electron chi connectivity index (χ2n) is 11.2. The number of rotatable bonds is 7. The van der Waals surface area contributed by atoms with Crippen molar-refractivity contribution in [2.24, 2.45) is 5.92 Å². The predicted octanol–water partition coefficient (Wildman–Crippen LogP) is 4.06. The topological polar surface area (TPSA) is 131 Å². The molecule has 1 aromatic carbocycles. The number of carboxylic acid groups (broad SMARTS) is 1. The number of aromatic nitrogens is 4. The zero-order chi connectivity index (χ0) is 30.6. The Morgan fingerprint density at radius 1 is 1.19 bits per heavy atom. The molecule has 1 aliphatic heterocycles. The first kappa shape index (κ1) is 28.3. The molecule has 4 aromatic heterocycles. The number of halogens is 2. The van der Waals surface area contributed by atoms with Crippen molar-refractivity contribution < 1.29 is 18.7 Å². The number of carbonyl (C=O) groups is 1. The normalized spacial score (nSPS) is 15.6. The molecule has 224 valence electrons. The molecule has 1 atom stereocenters. The number of anilines is 2. The van der Waals surface area contributed by atoms with Gasteiger partial charge in [0.15, 0.2) is 17.3 Å². The van der Waals surface area contributed by atoms with E-state index in [-0.39, 0.29) is 16.4 Å². The van der Waals surface area contributed by atoms with Gasteiger partial charge in [0.1, 0.15) is 11.2 Å². The van der Waals surface area contributed by atoms with Gasteiger partial charge in [0.05, 0.1) is 33.1 Å². The molecule has 6 rings (SSSR count). The minimum absolute atomic E-state index is 0.0814. The third-order valence-corrected chi connectivity index (χ3v) is 8.12. The first-order chi connectivity index (χ1) is 20.6. The SMILES string of the molecule is CNc1cc(F)c(F)c2c1[nH]c1ncc(-c3cnc4c(c3)c(=O)c(C(=O)O)cn4NC)c(N3CCCC(CN(C)C)C3)c12. The van der Waals surface area contributed by atoms with Gasteiger partial charge in [-0.05, 0) is 38.9 Å². The Kier molecular flexibility index (Phi) is 7.12. The van der Waals surface area contributed by atoms with Gasteiger partial charge in [-0.3, -0.25) is 4.79 Å². The lowest BCUT2D eigenvalue weighted by Crippen LogP contribution is -2.39. The fourth-order valence-corrected chi connectivity index (χ4v) is 6.29. The molecule has 1 saturated heterocycles. The molecule has 13 heteroatoms. The molecular formula is C30H32F2N8O3. The van der Waals surface area contributed by atoms with Gasteiger partial charge in [0.25, 0.3) is 0 Å². The molecule has 1 fully saturated rings. The third-order valence-electron chi connectivity index (χ3n) is 8.12. The Balaban J connectivity index is 1.68. The molecule has 5 heterocycles. The van der Waals surface area contributed by atoms with Gasteiger partial charge < -0.3 is 30.6 Å². The maximum atomic E-state index is 15.7. The smallest absolute Gasteiger partial charge is 0.341 e. The van der Waals surface area contributed by atoms with E-state index >= 15 is 4.39 Å². The molecule has 43 heavy (non-hydrogen) atoms. The molecule has 0 aliphatic carbocycles. The summed E-state index contributed by atoms with van der Waals surface area (Å²) in [6.45, 7) is 2.21. The summed E-state index contributed by atoms with van der Waals surface area (Å²) < 4.78 is 32.0. The highest BCUT2D eigenvalue weighted by Crippen LogP contribution is 2.44. The van der Waals surface area contributed by atoms with Gasteiger partial charge in [0, 0.05) is 69.5 Å². The number of nitrogens with zero attached hydrogens (tertiary/aromatic N) is 5. The van der Waals surface area contributed by atoms with Crippen LogP contribution in [-0.4, -0.2) is 83.4 Å². The molecule has 1 aliphatic rings. The number of aromatic amines is 1. The largest absolute Gasteiger partial charge is 0.477 e. The summed E-state index contributed by atoms with van der Waals surface area (Å²) in [7, 11) is 7.27. The second-order valence-corrected chi connectivity index (χ2v) is 11.2. The van der Waals surface area contributed by atoms with E-state index < -0.39 is 28.6 Å². The van der Waals surface area contributed by atoms with Crippen LogP contribution in [0.2, 0.25) is 0 Å². The van der Waals surface area contributed by atoms with E-state index in [0.29, 0.717) is 58.1 Å². The summed E-state index contributed by atoms with van der Waals surface area (Å²) >= 11 is 0. The average molecular weight is 591 g/mol. The van der Waals surface area contributed by atoms with Gasteiger partial charge in [-0.15, -0.1) is 0 Å². The summed E-state index contributed by atoms with van der Waals surface area (Å²) in [5, 5.41) is 13.2. The first-order valence-corrected chi connectivity index (χ1v) is 14.0. The molecule has 0 bridgehead atoms. The number of carboxylic acids is 1. The number of fused-ring (bicyclic) bond motifs is 4. The maximum absolute atomic E-state index is 15.7. The zero-order valence-corrected chi connectivity index (χ0v) is 24.3. The Labute approximate surface area is 245 Å². The average Bonchev–Trinajstić information content (AvgIpc) is 3.38. The van der Waals surface area contributed by atoms with E-state index in [2.05, 4.69) is 35.5 Å². The van der Waals surface area contributed by atoms with Crippen LogP contribution in [0.3, 0.4) is 0 Å². The summed E-state index contributed by atoms with van der Waals surface area (Å²) in [6.07, 6.45) is 6.33. The number of aromatic carboxylic acids is 1. The van der Waals surface area contributed by atoms with Crippen LogP contribution < -0.4 is 21.1 Å². The molecule has 0 saturated carbocycles. The summed E-state index contributed by atoms with van der Waals surface area (Å²) in [5.41, 5.74) is 4.89. The predicted molar refractivity (Wildman–Crippen MR) is 164 cm³/mol. The highest BCUT2D eigenvalue weighted by atomic mass is 19.2. The van der Waals surface area contributed by atoms with E-state index in [4.69, 9.17) is 0 Å². The molecule has 0 spiro atoms. The maximum Gasteiger partial charge on any atom is 0.341 e. The van der Waals surface area contributed by atoms with Crippen LogP contribution in [-0.2, 0) is 0 Å². The monoisotopic (exact) mass is 590 g/mol. The van der Waals surface area contributed by atoms with Crippen molar-refractivity contribution in [2.75, 3.05) is 63.5 Å². The van der Waals surface area contributed by atoms with E-state index in [1.807, 2.05) is 14.1 Å². The van der Waals surface area contributed by atoms with Crippen molar-refractivity contribution in [1.29, 1.82) is 0 Å². The van der Waals surface area contributed by atoms with Crippen molar-refractivity contribution in [1.82, 2.24) is 24.5 Å². The van der Waals surface area contributed by atoms with Crippen molar-refractivity contribution >= 4 is 50.3 Å². The Morgan fingerprint density at radius 3 is 2.67 bits per heavy atom. The molecule has 5 aromatic rings. The van der Waals surface area contributed by atoms with E-state index in [1.165, 1.54) is 10.9 Å². The van der Waals surface area contributed by atoms with Crippen LogP contribution in [0.15, 0.2) is 35.5 Å². The molecule has 0 radical (unpaired) electrons. The molecule has 1 unspecified atom stereocenters. The standard InChI is InChI=1S/C30H32F2N8O3/c1-33-21-9-20(31)24(32)22-23-26(39-7-5-6-15(13-39)12-38(3)4)18(11-35-28(23)37-25(21)22)16-8-17-27(41)19(30(42)43)14-40(34-2)29(17)36-10-16/h8-11,14-15,33-34H,5-7,12-13H2,1-4H3,(H,35,37)(H,42,43). The minimum Gasteiger partial charge on any atom is -0.477 e. The highest BCUT2D eigenvalue weighted by Gasteiger charge is 2.29. The first-order valence-electron chi connectivity index (χ1n) is 14.0. The second kappa shape index (κ2) is 10.8. The lowest BCUT2D eigenvalue weighted by Gasteiger charge is -2.37. The number of hydrogen-bond donors (Lipinski definition) is 4. The number of nitrogens with one attached hydrogen (secondary N) is 3. The van der Waals surface area contributed by atoms with Crippen molar-refractivity contribution in [3.8, 4) is 11.1 Å². The van der Waals surface area contributed by atoms with Crippen LogP contribution in [0.1, 0.15) is 23.2 Å². The number of H-pyrrole nitrogens is 1. The van der Waals surface area contributed by atoms with Crippen molar-refractivity contribution in [3.05, 3.63) is 58.1 Å². The number of pyridine rings is 3. The van der Waals surface area contributed by atoms with Crippen molar-refractivity contribution in [2.45, 2.75) is 12.8 Å². The van der Waals surface area contributed by atoms with Crippen LogP contribution in [0.4, 0.5) is 20.2 Å². The third kappa shape index (κ3) is 4.69. The van der Waals surface area contributed by atoms with Crippen molar-refractivity contribution in [3.63, 3.8) is 0 Å². The van der Waals surface area contributed by atoms with Gasteiger partial charge in [-0.1, -0.05) is 0 Å². The highest BCUT2D eigenvalue weighted by molar-refractivity contribution is 6.18. The Bertz CT molecular complexity index is 1970. The molecule has 4 N–H and O–H groups in total. The van der Waals surface area contributed by atoms with Crippen LogP contribution in [0.5, 0.6) is 0 Å². The van der Waals surface area contributed by atoms with E-state index in [9.17, 15) is 19.1 Å². The van der Waals surface area contributed by atoms with Crippen LogP contribution in [0, 0.1) is 17.6 Å². The number of piperidine rings is 1. The lowest BCUT2D eigenvalue weighted by atomic mass is 9.94. The zero-order valence-electron chi connectivity index (χ0n) is 24.3. The van der Waals surface area contributed by atoms with Gasteiger partial charge in [-0.2, -0.15) is 0 Å². The number of benzene rings is 1. The van der Waals surface area contributed by atoms with Crippen LogP contribution in [0.25, 0.3) is 44.1 Å². The lowest BCUT2D eigenvalue weighted by molar-refractivity contribution is 0.0695. The number of hydrogen-bond acceptors (Lipinski definition) is 8. The summed E-state index contributed by atoms with van der Waals surface area (Å²) in [4.78, 5) is 41.7. The quantitative estimate of drug-likeness (QED) is 0.222. The fourth-order valence-electron chi connectivity index (χ4n) is 6.29. The Hall–Kier alpha value is -4.78. The molecule has 0 amide bonds. The summed E-state index contributed by atoms with van der Waals surface area (Å²) in [5.74, 6) is -3.00. The van der Waals surface area contributed by atoms with E-state index in [0.717, 1.165) is 25.5 Å². The Morgan fingerprint density at radius 2 is 1.98 bits per heavy atom.